The highest BCUT2D eigenvalue weighted by atomic mass is 19.1. The topological polar surface area (TPSA) is 62.4 Å². The number of rotatable bonds is 8. The van der Waals surface area contributed by atoms with E-state index < -0.39 is 0 Å². The number of nitrogens with one attached hydrogen (secondary N) is 2. The SMILES string of the molecule is CN=C/C(=C(/C)N)c1cc(F)cc(C2(NC(=C3CCC3)c3ccccc3CNC)CC2)c1. The van der Waals surface area contributed by atoms with Crippen molar-refractivity contribution in [2.75, 3.05) is 14.1 Å². The van der Waals surface area contributed by atoms with Crippen LogP contribution in [-0.2, 0) is 12.1 Å². The maximum absolute atomic E-state index is 14.8. The van der Waals surface area contributed by atoms with Gasteiger partial charge in [0.25, 0.3) is 0 Å². The molecule has 4 nitrogen and oxygen atoms in total. The monoisotopic (exact) mass is 432 g/mol. The van der Waals surface area contributed by atoms with Crippen LogP contribution in [0.2, 0.25) is 0 Å². The van der Waals surface area contributed by atoms with Gasteiger partial charge in [0, 0.05) is 42.3 Å². The van der Waals surface area contributed by atoms with E-state index in [1.807, 2.05) is 14.0 Å². The fourth-order valence-corrected chi connectivity index (χ4v) is 4.46. The van der Waals surface area contributed by atoms with Gasteiger partial charge in [0.15, 0.2) is 0 Å². The van der Waals surface area contributed by atoms with Crippen molar-refractivity contribution in [3.63, 3.8) is 0 Å². The maximum atomic E-state index is 14.8. The predicted octanol–water partition coefficient (Wildman–Crippen LogP) is 5.11. The Labute approximate surface area is 190 Å². The van der Waals surface area contributed by atoms with Gasteiger partial charge in [-0.2, -0.15) is 0 Å². The van der Waals surface area contributed by atoms with Crippen molar-refractivity contribution in [1.29, 1.82) is 0 Å². The third-order valence-electron chi connectivity index (χ3n) is 6.52. The lowest BCUT2D eigenvalue weighted by Gasteiger charge is -2.30. The van der Waals surface area contributed by atoms with Gasteiger partial charge in [0.05, 0.1) is 5.54 Å². The molecule has 2 fully saturated rings. The molecule has 4 N–H and O–H groups in total. The first-order chi connectivity index (χ1) is 15.5. The van der Waals surface area contributed by atoms with Crippen LogP contribution in [-0.4, -0.2) is 20.3 Å². The Morgan fingerprint density at radius 3 is 2.53 bits per heavy atom. The summed E-state index contributed by atoms with van der Waals surface area (Å²) in [4.78, 5) is 4.11. The molecule has 0 bridgehead atoms. The van der Waals surface area contributed by atoms with Gasteiger partial charge in [-0.1, -0.05) is 24.3 Å². The van der Waals surface area contributed by atoms with Crippen LogP contribution in [0.15, 0.2) is 58.7 Å². The Hall–Kier alpha value is -2.92. The molecule has 168 valence electrons. The third kappa shape index (κ3) is 4.49. The summed E-state index contributed by atoms with van der Waals surface area (Å²) in [5.41, 5.74) is 14.2. The summed E-state index contributed by atoms with van der Waals surface area (Å²) in [5.74, 6) is -0.248. The molecule has 2 saturated carbocycles. The zero-order valence-corrected chi connectivity index (χ0v) is 19.3. The molecular weight excluding hydrogens is 399 g/mol. The van der Waals surface area contributed by atoms with E-state index in [1.54, 1.807) is 25.4 Å². The molecular formula is C27H33FN4. The molecule has 2 aliphatic rings. The Bertz CT molecular complexity index is 1080. The van der Waals surface area contributed by atoms with Crippen molar-refractivity contribution in [1.82, 2.24) is 10.6 Å². The summed E-state index contributed by atoms with van der Waals surface area (Å²) in [7, 11) is 3.67. The minimum absolute atomic E-state index is 0.248. The number of hydrogen-bond acceptors (Lipinski definition) is 4. The first-order valence-corrected chi connectivity index (χ1v) is 11.4. The van der Waals surface area contributed by atoms with Crippen LogP contribution < -0.4 is 16.4 Å². The first kappa shape index (κ1) is 22.3. The number of nitrogens with two attached hydrogens (primary N) is 1. The van der Waals surface area contributed by atoms with E-state index >= 15 is 0 Å². The van der Waals surface area contributed by atoms with Crippen LogP contribution in [0.1, 0.15) is 61.3 Å². The zero-order chi connectivity index (χ0) is 22.7. The molecule has 5 heteroatoms. The average Bonchev–Trinajstić information content (AvgIpc) is 3.51. The summed E-state index contributed by atoms with van der Waals surface area (Å²) in [6.07, 6.45) is 7.12. The highest BCUT2D eigenvalue weighted by Gasteiger charge is 2.46. The second kappa shape index (κ2) is 9.29. The molecule has 0 unspecified atom stereocenters. The van der Waals surface area contributed by atoms with Crippen molar-refractivity contribution in [2.45, 2.75) is 51.1 Å². The molecule has 0 heterocycles. The summed E-state index contributed by atoms with van der Waals surface area (Å²) in [6, 6.07) is 13.8. The van der Waals surface area contributed by atoms with E-state index in [9.17, 15) is 4.39 Å². The first-order valence-electron chi connectivity index (χ1n) is 11.4. The number of hydrogen-bond donors (Lipinski definition) is 3. The van der Waals surface area contributed by atoms with E-state index in [0.29, 0.717) is 5.70 Å². The van der Waals surface area contributed by atoms with E-state index in [4.69, 9.17) is 5.73 Å². The van der Waals surface area contributed by atoms with Gasteiger partial charge in [0.2, 0.25) is 0 Å². The second-order valence-corrected chi connectivity index (χ2v) is 8.94. The van der Waals surface area contributed by atoms with Crippen LogP contribution in [0, 0.1) is 5.82 Å². The Morgan fingerprint density at radius 1 is 1.19 bits per heavy atom. The lowest BCUT2D eigenvalue weighted by atomic mass is 9.86. The molecule has 32 heavy (non-hydrogen) atoms. The van der Waals surface area contributed by atoms with Crippen molar-refractivity contribution in [3.05, 3.63) is 81.8 Å². The molecule has 0 radical (unpaired) electrons. The van der Waals surface area contributed by atoms with Gasteiger partial charge in [-0.3, -0.25) is 4.99 Å². The molecule has 2 aliphatic carbocycles. The maximum Gasteiger partial charge on any atom is 0.124 e. The van der Waals surface area contributed by atoms with Crippen LogP contribution in [0.5, 0.6) is 0 Å². The molecule has 2 aromatic carbocycles. The number of allylic oxidation sites excluding steroid dienone is 3. The van der Waals surface area contributed by atoms with E-state index in [2.05, 4.69) is 46.0 Å². The summed E-state index contributed by atoms with van der Waals surface area (Å²) >= 11 is 0. The highest BCUT2D eigenvalue weighted by molar-refractivity contribution is 6.10. The van der Waals surface area contributed by atoms with Gasteiger partial charge >= 0.3 is 0 Å². The van der Waals surface area contributed by atoms with E-state index in [0.717, 1.165) is 48.9 Å². The number of halogens is 1. The Balaban J connectivity index is 1.74. The van der Waals surface area contributed by atoms with Crippen LogP contribution >= 0.6 is 0 Å². The van der Waals surface area contributed by atoms with Gasteiger partial charge < -0.3 is 16.4 Å². The molecule has 0 aliphatic heterocycles. The Kier molecular flexibility index (Phi) is 6.47. The minimum atomic E-state index is -0.251. The van der Waals surface area contributed by atoms with Crippen LogP contribution in [0.25, 0.3) is 11.3 Å². The fraction of sp³-hybridized carbons (Fsp3) is 0.370. The average molecular weight is 433 g/mol. The van der Waals surface area contributed by atoms with Crippen LogP contribution in [0.3, 0.4) is 0 Å². The van der Waals surface area contributed by atoms with Gasteiger partial charge in [-0.15, -0.1) is 0 Å². The quantitative estimate of drug-likeness (QED) is 0.508. The predicted molar refractivity (Wildman–Crippen MR) is 132 cm³/mol. The zero-order valence-electron chi connectivity index (χ0n) is 19.3. The van der Waals surface area contributed by atoms with Crippen molar-refractivity contribution < 1.29 is 4.39 Å². The molecule has 2 aromatic rings. The largest absolute Gasteiger partial charge is 0.402 e. The number of nitrogens with zero attached hydrogens (tertiary/aromatic N) is 1. The van der Waals surface area contributed by atoms with Crippen LogP contribution in [0.4, 0.5) is 4.39 Å². The Morgan fingerprint density at radius 2 is 1.94 bits per heavy atom. The lowest BCUT2D eigenvalue weighted by Crippen LogP contribution is -2.30. The van der Waals surface area contributed by atoms with Gasteiger partial charge in [-0.25, -0.2) is 4.39 Å². The fourth-order valence-electron chi connectivity index (χ4n) is 4.46. The molecule has 0 spiro atoms. The van der Waals surface area contributed by atoms with Gasteiger partial charge in [-0.05, 0) is 86.5 Å². The summed E-state index contributed by atoms with van der Waals surface area (Å²) in [6.45, 7) is 2.64. The van der Waals surface area contributed by atoms with Crippen molar-refractivity contribution >= 4 is 17.5 Å². The third-order valence-corrected chi connectivity index (χ3v) is 6.52. The summed E-state index contributed by atoms with van der Waals surface area (Å²) in [5, 5.41) is 7.18. The molecule has 0 atom stereocenters. The summed E-state index contributed by atoms with van der Waals surface area (Å²) < 4.78 is 14.8. The van der Waals surface area contributed by atoms with Crippen molar-refractivity contribution in [3.8, 4) is 0 Å². The lowest BCUT2D eigenvalue weighted by molar-refractivity contribution is 0.584. The molecule has 4 rings (SSSR count). The smallest absolute Gasteiger partial charge is 0.124 e. The van der Waals surface area contributed by atoms with E-state index in [1.165, 1.54) is 28.8 Å². The highest BCUT2D eigenvalue weighted by Crippen LogP contribution is 2.49. The number of benzene rings is 2. The van der Waals surface area contributed by atoms with Gasteiger partial charge in [0.1, 0.15) is 5.82 Å². The normalized spacial score (nSPS) is 17.7. The molecule has 0 aromatic heterocycles. The standard InChI is InChI=1S/C27H33FN4/c1-18(29)25(17-31-3)21-13-22(15-23(28)14-21)27(11-12-27)32-26(19-8-6-9-19)24-10-5-4-7-20(24)16-30-2/h4-5,7,10,13-15,17,30,32H,6,8-9,11-12,16,29H2,1-3H3/b25-18+,31-17?. The minimum Gasteiger partial charge on any atom is -0.402 e. The molecule has 0 amide bonds. The molecule has 0 saturated heterocycles. The number of aliphatic imine (C=N–C) groups is 1. The second-order valence-electron chi connectivity index (χ2n) is 8.94. The van der Waals surface area contributed by atoms with E-state index in [-0.39, 0.29) is 11.4 Å². The van der Waals surface area contributed by atoms with Crippen molar-refractivity contribution in [2.24, 2.45) is 10.7 Å².